The molecule has 9 heteroatoms. The number of hydrogen-bond donors (Lipinski definition) is 1. The standard InChI is InChI=1S/C14H14N6O3/c1-19-7-3-4-10(19)14-17-12(23-18-14)8-15-11(21)9-20-13(22)5-2-6-16-20/h2-7H,8-9H2,1H3,(H,15,21). The minimum atomic E-state index is -0.371. The summed E-state index contributed by atoms with van der Waals surface area (Å²) < 4.78 is 8.02. The first-order valence-corrected chi connectivity index (χ1v) is 6.86. The number of nitrogens with one attached hydrogen (secondary N) is 1. The van der Waals surface area contributed by atoms with E-state index in [1.807, 2.05) is 29.9 Å². The molecule has 0 aromatic carbocycles. The minimum absolute atomic E-state index is 0.0812. The van der Waals surface area contributed by atoms with Crippen LogP contribution in [0, 0.1) is 0 Å². The zero-order chi connectivity index (χ0) is 16.2. The van der Waals surface area contributed by atoms with E-state index < -0.39 is 0 Å². The number of hydrogen-bond acceptors (Lipinski definition) is 6. The Bertz CT molecular complexity index is 878. The van der Waals surface area contributed by atoms with Gasteiger partial charge in [-0.1, -0.05) is 5.16 Å². The van der Waals surface area contributed by atoms with Crippen molar-refractivity contribution in [1.82, 2.24) is 29.8 Å². The highest BCUT2D eigenvalue weighted by atomic mass is 16.5. The Morgan fingerprint density at radius 3 is 2.96 bits per heavy atom. The molecule has 3 rings (SSSR count). The third-order valence-corrected chi connectivity index (χ3v) is 3.16. The van der Waals surface area contributed by atoms with Gasteiger partial charge in [0.25, 0.3) is 5.56 Å². The van der Waals surface area contributed by atoms with Crippen molar-refractivity contribution in [1.29, 1.82) is 0 Å². The Balaban J connectivity index is 1.60. The minimum Gasteiger partial charge on any atom is -0.348 e. The number of amides is 1. The monoisotopic (exact) mass is 314 g/mol. The number of carbonyl (C=O) groups is 1. The maximum absolute atomic E-state index is 11.8. The van der Waals surface area contributed by atoms with Crippen molar-refractivity contribution >= 4 is 5.91 Å². The second-order valence-electron chi connectivity index (χ2n) is 4.81. The van der Waals surface area contributed by atoms with Crippen LogP contribution in [0.15, 0.2) is 46.0 Å². The zero-order valence-corrected chi connectivity index (χ0v) is 12.3. The van der Waals surface area contributed by atoms with E-state index in [9.17, 15) is 9.59 Å². The largest absolute Gasteiger partial charge is 0.348 e. The van der Waals surface area contributed by atoms with E-state index in [1.165, 1.54) is 18.3 Å². The van der Waals surface area contributed by atoms with Crippen LogP contribution in [-0.4, -0.2) is 30.4 Å². The molecule has 23 heavy (non-hydrogen) atoms. The molecular weight excluding hydrogens is 300 g/mol. The molecule has 0 aliphatic rings. The second-order valence-corrected chi connectivity index (χ2v) is 4.81. The van der Waals surface area contributed by atoms with Gasteiger partial charge in [-0.3, -0.25) is 9.59 Å². The number of carbonyl (C=O) groups excluding carboxylic acids is 1. The van der Waals surface area contributed by atoms with E-state index in [-0.39, 0.29) is 30.4 Å². The Labute approximate surface area is 130 Å². The molecule has 0 saturated heterocycles. The van der Waals surface area contributed by atoms with Crippen LogP contribution >= 0.6 is 0 Å². The predicted octanol–water partition coefficient (Wildman–Crippen LogP) is -0.0518. The molecule has 0 bridgehead atoms. The van der Waals surface area contributed by atoms with Crippen LogP contribution in [0.1, 0.15) is 5.89 Å². The Hall–Kier alpha value is -3.23. The molecule has 1 amide bonds. The van der Waals surface area contributed by atoms with E-state index in [0.29, 0.717) is 5.82 Å². The number of aromatic nitrogens is 5. The maximum Gasteiger partial charge on any atom is 0.267 e. The van der Waals surface area contributed by atoms with E-state index in [4.69, 9.17) is 4.52 Å². The summed E-state index contributed by atoms with van der Waals surface area (Å²) in [6.07, 6.45) is 3.32. The van der Waals surface area contributed by atoms with Gasteiger partial charge < -0.3 is 14.4 Å². The molecular formula is C14H14N6O3. The highest BCUT2D eigenvalue weighted by Crippen LogP contribution is 2.15. The van der Waals surface area contributed by atoms with Crippen molar-refractivity contribution in [3.05, 3.63) is 52.9 Å². The van der Waals surface area contributed by atoms with E-state index in [1.54, 1.807) is 0 Å². The van der Waals surface area contributed by atoms with Crippen molar-refractivity contribution in [3.63, 3.8) is 0 Å². The van der Waals surface area contributed by atoms with Crippen molar-refractivity contribution in [2.75, 3.05) is 0 Å². The maximum atomic E-state index is 11.8. The van der Waals surface area contributed by atoms with E-state index in [0.717, 1.165) is 10.4 Å². The zero-order valence-electron chi connectivity index (χ0n) is 12.3. The fraction of sp³-hybridized carbons (Fsp3) is 0.214. The Morgan fingerprint density at radius 2 is 2.22 bits per heavy atom. The van der Waals surface area contributed by atoms with Gasteiger partial charge in [0.1, 0.15) is 6.54 Å². The topological polar surface area (TPSA) is 108 Å². The molecule has 0 atom stereocenters. The molecule has 0 aliphatic heterocycles. The first kappa shape index (κ1) is 14.7. The van der Waals surface area contributed by atoms with Crippen molar-refractivity contribution < 1.29 is 9.32 Å². The predicted molar refractivity (Wildman–Crippen MR) is 79.0 cm³/mol. The summed E-state index contributed by atoms with van der Waals surface area (Å²) in [5.74, 6) is 0.357. The first-order chi connectivity index (χ1) is 11.1. The molecule has 118 valence electrons. The highest BCUT2D eigenvalue weighted by Gasteiger charge is 2.12. The quantitative estimate of drug-likeness (QED) is 0.707. The summed E-state index contributed by atoms with van der Waals surface area (Å²) in [7, 11) is 1.87. The van der Waals surface area contributed by atoms with Crippen molar-refractivity contribution in [2.24, 2.45) is 7.05 Å². The van der Waals surface area contributed by atoms with Crippen LogP contribution in [0.2, 0.25) is 0 Å². The van der Waals surface area contributed by atoms with Crippen LogP contribution < -0.4 is 10.9 Å². The molecule has 3 aromatic rings. The summed E-state index contributed by atoms with van der Waals surface area (Å²) in [4.78, 5) is 27.5. The lowest BCUT2D eigenvalue weighted by molar-refractivity contribution is -0.122. The fourth-order valence-corrected chi connectivity index (χ4v) is 2.00. The van der Waals surface area contributed by atoms with Gasteiger partial charge in [0.2, 0.25) is 17.6 Å². The lowest BCUT2D eigenvalue weighted by atomic mass is 10.4. The molecule has 0 saturated carbocycles. The SMILES string of the molecule is Cn1cccc1-c1noc(CNC(=O)Cn2ncccc2=O)n1. The van der Waals surface area contributed by atoms with Crippen LogP contribution in [0.4, 0.5) is 0 Å². The molecule has 9 nitrogen and oxygen atoms in total. The van der Waals surface area contributed by atoms with Gasteiger partial charge in [-0.15, -0.1) is 0 Å². The van der Waals surface area contributed by atoms with Crippen molar-refractivity contribution in [3.8, 4) is 11.5 Å². The van der Waals surface area contributed by atoms with Crippen LogP contribution in [0.3, 0.4) is 0 Å². The fourth-order valence-electron chi connectivity index (χ4n) is 2.00. The summed E-state index contributed by atoms with van der Waals surface area (Å²) in [5.41, 5.74) is 0.470. The van der Waals surface area contributed by atoms with Crippen LogP contribution in [-0.2, 0) is 24.9 Å². The summed E-state index contributed by atoms with van der Waals surface area (Å²) >= 11 is 0. The molecule has 0 radical (unpaired) electrons. The van der Waals surface area contributed by atoms with Gasteiger partial charge in [0, 0.05) is 25.5 Å². The third-order valence-electron chi connectivity index (χ3n) is 3.16. The third kappa shape index (κ3) is 3.34. The van der Waals surface area contributed by atoms with Gasteiger partial charge in [-0.05, 0) is 18.2 Å². The van der Waals surface area contributed by atoms with Gasteiger partial charge in [-0.25, -0.2) is 4.68 Å². The van der Waals surface area contributed by atoms with Gasteiger partial charge in [-0.2, -0.15) is 10.1 Å². The van der Waals surface area contributed by atoms with E-state index in [2.05, 4.69) is 20.6 Å². The number of nitrogens with zero attached hydrogens (tertiary/aromatic N) is 5. The molecule has 0 aliphatic carbocycles. The lowest BCUT2D eigenvalue weighted by Crippen LogP contribution is -2.32. The summed E-state index contributed by atoms with van der Waals surface area (Å²) in [6.45, 7) is -0.0870. The number of rotatable bonds is 5. The molecule has 0 unspecified atom stereocenters. The molecule has 0 spiro atoms. The summed E-state index contributed by atoms with van der Waals surface area (Å²) in [6, 6.07) is 6.59. The van der Waals surface area contributed by atoms with Crippen LogP contribution in [0.25, 0.3) is 11.5 Å². The van der Waals surface area contributed by atoms with Gasteiger partial charge >= 0.3 is 0 Å². The highest BCUT2D eigenvalue weighted by molar-refractivity contribution is 5.75. The number of aryl methyl sites for hydroxylation is 1. The van der Waals surface area contributed by atoms with Gasteiger partial charge in [0.15, 0.2) is 0 Å². The van der Waals surface area contributed by atoms with Crippen molar-refractivity contribution in [2.45, 2.75) is 13.1 Å². The first-order valence-electron chi connectivity index (χ1n) is 6.86. The Kier molecular flexibility index (Phi) is 4.00. The van der Waals surface area contributed by atoms with Crippen LogP contribution in [0.5, 0.6) is 0 Å². The molecule has 1 N–H and O–H groups in total. The average molecular weight is 314 g/mol. The van der Waals surface area contributed by atoms with Gasteiger partial charge in [0.05, 0.1) is 12.2 Å². The smallest absolute Gasteiger partial charge is 0.267 e. The molecule has 3 aromatic heterocycles. The normalized spacial score (nSPS) is 10.7. The molecule has 3 heterocycles. The average Bonchev–Trinajstić information content (AvgIpc) is 3.16. The molecule has 0 fully saturated rings. The summed E-state index contributed by atoms with van der Waals surface area (Å²) in [5, 5.41) is 10.3. The second kappa shape index (κ2) is 6.26. The Morgan fingerprint density at radius 1 is 1.35 bits per heavy atom. The lowest BCUT2D eigenvalue weighted by Gasteiger charge is -2.03. The van der Waals surface area contributed by atoms with E-state index >= 15 is 0 Å².